The molecule has 0 aromatic heterocycles. The average Bonchev–Trinajstić information content (AvgIpc) is 2.57. The fraction of sp³-hybridized carbons (Fsp3) is 0.235. The molecule has 0 spiro atoms. The van der Waals surface area contributed by atoms with Crippen molar-refractivity contribution in [2.24, 2.45) is 0 Å². The van der Waals surface area contributed by atoms with Crippen molar-refractivity contribution in [1.82, 2.24) is 9.62 Å². The topological polar surface area (TPSA) is 66.5 Å². The minimum Gasteiger partial charge on any atom is -0.353 e. The van der Waals surface area contributed by atoms with E-state index in [0.717, 1.165) is 0 Å². The van der Waals surface area contributed by atoms with Gasteiger partial charge in [0.05, 0.1) is 5.75 Å². The molecule has 0 radical (unpaired) electrons. The first kappa shape index (κ1) is 18.2. The van der Waals surface area contributed by atoms with E-state index >= 15 is 0 Å². The zero-order valence-electron chi connectivity index (χ0n) is 13.2. The van der Waals surface area contributed by atoms with Gasteiger partial charge < -0.3 is 5.32 Å². The number of halogens is 2. The van der Waals surface area contributed by atoms with E-state index in [9.17, 15) is 13.2 Å². The Hall–Kier alpha value is -1.60. The van der Waals surface area contributed by atoms with Crippen LogP contribution in [-0.4, -0.2) is 31.7 Å². The van der Waals surface area contributed by atoms with Crippen molar-refractivity contribution in [2.75, 3.05) is 13.1 Å². The number of nitrogens with one attached hydrogen (secondary N) is 1. The summed E-state index contributed by atoms with van der Waals surface area (Å²) in [6.45, 7) is 0.427. The third kappa shape index (κ3) is 3.82. The average molecular weight is 399 g/mol. The van der Waals surface area contributed by atoms with Crippen molar-refractivity contribution in [3.8, 4) is 0 Å². The highest BCUT2D eigenvalue weighted by Crippen LogP contribution is 2.32. The SMILES string of the molecule is O=C1NCCN(S(=O)(=O)Cc2ccccc2Cl)C1c1ccccc1Cl. The Labute approximate surface area is 156 Å². The molecule has 1 saturated heterocycles. The van der Waals surface area contributed by atoms with E-state index in [1.807, 2.05) is 0 Å². The Morgan fingerprint density at radius 1 is 1.04 bits per heavy atom. The summed E-state index contributed by atoms with van der Waals surface area (Å²) in [6, 6.07) is 12.5. The molecule has 2 aromatic rings. The van der Waals surface area contributed by atoms with Crippen molar-refractivity contribution >= 4 is 39.1 Å². The maximum absolute atomic E-state index is 13.0. The minimum atomic E-state index is -3.78. The van der Waals surface area contributed by atoms with E-state index in [4.69, 9.17) is 23.2 Å². The smallest absolute Gasteiger partial charge is 0.243 e. The molecular formula is C17H16Cl2N2O3S. The maximum Gasteiger partial charge on any atom is 0.243 e. The lowest BCUT2D eigenvalue weighted by molar-refractivity contribution is -0.126. The summed E-state index contributed by atoms with van der Waals surface area (Å²) in [5, 5.41) is 3.43. The summed E-state index contributed by atoms with van der Waals surface area (Å²) < 4.78 is 27.2. The zero-order chi connectivity index (χ0) is 18.0. The summed E-state index contributed by atoms with van der Waals surface area (Å²) in [4.78, 5) is 12.4. The molecule has 1 heterocycles. The van der Waals surface area contributed by atoms with Crippen LogP contribution in [0.1, 0.15) is 17.2 Å². The Kier molecular flexibility index (Phi) is 5.34. The van der Waals surface area contributed by atoms with E-state index < -0.39 is 16.1 Å². The number of carbonyl (C=O) groups excluding carboxylic acids is 1. The number of nitrogens with zero attached hydrogens (tertiary/aromatic N) is 1. The molecular weight excluding hydrogens is 383 g/mol. The fourth-order valence-electron chi connectivity index (χ4n) is 2.83. The summed E-state index contributed by atoms with van der Waals surface area (Å²) in [6.07, 6.45) is 0. The number of amides is 1. The van der Waals surface area contributed by atoms with Crippen LogP contribution in [0.5, 0.6) is 0 Å². The molecule has 1 amide bonds. The van der Waals surface area contributed by atoms with Gasteiger partial charge in [0.1, 0.15) is 6.04 Å². The predicted molar refractivity (Wildman–Crippen MR) is 98.0 cm³/mol. The molecule has 5 nitrogen and oxygen atoms in total. The molecule has 25 heavy (non-hydrogen) atoms. The first-order valence-corrected chi connectivity index (χ1v) is 10.0. The lowest BCUT2D eigenvalue weighted by atomic mass is 10.0. The lowest BCUT2D eigenvalue weighted by Crippen LogP contribution is -2.52. The highest BCUT2D eigenvalue weighted by atomic mass is 35.5. The Bertz CT molecular complexity index is 902. The quantitative estimate of drug-likeness (QED) is 0.860. The summed E-state index contributed by atoms with van der Waals surface area (Å²) in [5.74, 6) is -0.664. The van der Waals surface area contributed by atoms with Gasteiger partial charge in [-0.25, -0.2) is 8.42 Å². The van der Waals surface area contributed by atoms with Gasteiger partial charge in [0.25, 0.3) is 0 Å². The van der Waals surface area contributed by atoms with Gasteiger partial charge in [-0.3, -0.25) is 4.79 Å². The molecule has 1 fully saturated rings. The van der Waals surface area contributed by atoms with Gasteiger partial charge in [-0.15, -0.1) is 0 Å². The molecule has 1 N–H and O–H groups in total. The van der Waals surface area contributed by atoms with Crippen molar-refractivity contribution in [3.05, 3.63) is 69.7 Å². The van der Waals surface area contributed by atoms with Crippen molar-refractivity contribution in [1.29, 1.82) is 0 Å². The molecule has 1 unspecified atom stereocenters. The maximum atomic E-state index is 13.0. The lowest BCUT2D eigenvalue weighted by Gasteiger charge is -2.34. The monoisotopic (exact) mass is 398 g/mol. The van der Waals surface area contributed by atoms with E-state index in [-0.39, 0.29) is 24.7 Å². The Balaban J connectivity index is 1.99. The minimum absolute atomic E-state index is 0.175. The molecule has 2 aromatic carbocycles. The Morgan fingerprint density at radius 2 is 1.68 bits per heavy atom. The first-order valence-electron chi connectivity index (χ1n) is 7.65. The second-order valence-corrected chi connectivity index (χ2v) is 8.41. The van der Waals surface area contributed by atoms with Crippen molar-refractivity contribution in [2.45, 2.75) is 11.8 Å². The molecule has 1 atom stereocenters. The summed E-state index contributed by atoms with van der Waals surface area (Å²) in [7, 11) is -3.78. The molecule has 3 rings (SSSR count). The van der Waals surface area contributed by atoms with Crippen LogP contribution in [0, 0.1) is 0 Å². The van der Waals surface area contributed by atoms with E-state index in [1.165, 1.54) is 4.31 Å². The van der Waals surface area contributed by atoms with Gasteiger partial charge in [-0.2, -0.15) is 4.31 Å². The van der Waals surface area contributed by atoms with Crippen LogP contribution in [0.25, 0.3) is 0 Å². The standard InChI is InChI=1S/C17H16Cl2N2O3S/c18-14-7-3-1-5-12(14)11-25(23,24)21-10-9-20-17(22)16(21)13-6-2-4-8-15(13)19/h1-8,16H,9-11H2,(H,20,22). The number of hydrogen-bond acceptors (Lipinski definition) is 3. The van der Waals surface area contributed by atoms with Gasteiger partial charge in [-0.1, -0.05) is 59.6 Å². The summed E-state index contributed by atoms with van der Waals surface area (Å²) >= 11 is 12.3. The van der Waals surface area contributed by atoms with Crippen LogP contribution in [0.2, 0.25) is 10.0 Å². The largest absolute Gasteiger partial charge is 0.353 e. The predicted octanol–water partition coefficient (Wildman–Crippen LogP) is 3.00. The fourth-order valence-corrected chi connectivity index (χ4v) is 5.07. The number of piperazine rings is 1. The van der Waals surface area contributed by atoms with E-state index in [0.29, 0.717) is 21.2 Å². The van der Waals surface area contributed by atoms with Crippen molar-refractivity contribution < 1.29 is 13.2 Å². The van der Waals surface area contributed by atoms with Crippen LogP contribution in [-0.2, 0) is 20.6 Å². The molecule has 0 saturated carbocycles. The van der Waals surface area contributed by atoms with Gasteiger partial charge >= 0.3 is 0 Å². The zero-order valence-corrected chi connectivity index (χ0v) is 15.5. The van der Waals surface area contributed by atoms with E-state index in [1.54, 1.807) is 48.5 Å². The number of rotatable bonds is 4. The third-order valence-electron chi connectivity index (χ3n) is 4.02. The van der Waals surface area contributed by atoms with Gasteiger partial charge in [-0.05, 0) is 23.3 Å². The van der Waals surface area contributed by atoms with E-state index in [2.05, 4.69) is 5.32 Å². The molecule has 1 aliphatic rings. The normalized spacial score (nSPS) is 18.8. The number of benzene rings is 2. The van der Waals surface area contributed by atoms with Crippen LogP contribution >= 0.6 is 23.2 Å². The van der Waals surface area contributed by atoms with Crippen molar-refractivity contribution in [3.63, 3.8) is 0 Å². The van der Waals surface area contributed by atoms with Gasteiger partial charge in [0.15, 0.2) is 0 Å². The summed E-state index contributed by atoms with van der Waals surface area (Å²) in [5.41, 5.74) is 0.956. The van der Waals surface area contributed by atoms with Crippen LogP contribution in [0.3, 0.4) is 0 Å². The number of hydrogen-bond donors (Lipinski definition) is 1. The van der Waals surface area contributed by atoms with Gasteiger partial charge in [0.2, 0.25) is 15.9 Å². The van der Waals surface area contributed by atoms with Crippen LogP contribution in [0.15, 0.2) is 48.5 Å². The first-order chi connectivity index (χ1) is 11.9. The highest BCUT2D eigenvalue weighted by molar-refractivity contribution is 7.88. The van der Waals surface area contributed by atoms with Crippen LogP contribution < -0.4 is 5.32 Å². The second-order valence-electron chi connectivity index (χ2n) is 5.67. The third-order valence-corrected chi connectivity index (χ3v) is 6.52. The molecule has 132 valence electrons. The van der Waals surface area contributed by atoms with Crippen LogP contribution in [0.4, 0.5) is 0 Å². The number of carbonyl (C=O) groups is 1. The molecule has 8 heteroatoms. The number of sulfonamides is 1. The van der Waals surface area contributed by atoms with Gasteiger partial charge in [0, 0.05) is 23.1 Å². The highest BCUT2D eigenvalue weighted by Gasteiger charge is 2.39. The second kappa shape index (κ2) is 7.33. The Morgan fingerprint density at radius 3 is 2.36 bits per heavy atom. The molecule has 0 aliphatic carbocycles. The molecule has 0 bridgehead atoms. The molecule has 1 aliphatic heterocycles.